The van der Waals surface area contributed by atoms with Crippen LogP contribution in [0.4, 0.5) is 0 Å². The van der Waals surface area contributed by atoms with Gasteiger partial charge in [-0.1, -0.05) is 24.3 Å². The molecule has 0 aliphatic heterocycles. The number of nitrogens with zero attached hydrogens (tertiary/aromatic N) is 2. The number of hydrogen-bond donors (Lipinski definition) is 1. The summed E-state index contributed by atoms with van der Waals surface area (Å²) in [5.74, 6) is 1.36. The Kier molecular flexibility index (Phi) is 4.68. The Morgan fingerprint density at radius 2 is 2.07 bits per heavy atom. The van der Waals surface area contributed by atoms with E-state index in [2.05, 4.69) is 41.9 Å². The second-order valence-electron chi connectivity index (χ2n) is 6.78. The van der Waals surface area contributed by atoms with Gasteiger partial charge in [-0.2, -0.15) is 0 Å². The normalized spacial score (nSPS) is 12.7. The lowest BCUT2D eigenvalue weighted by molar-refractivity contribution is 0.243. The first-order valence-corrected chi connectivity index (χ1v) is 9.72. The van der Waals surface area contributed by atoms with Crippen molar-refractivity contribution < 1.29 is 4.42 Å². The van der Waals surface area contributed by atoms with E-state index in [1.54, 1.807) is 6.26 Å². The van der Waals surface area contributed by atoms with Gasteiger partial charge in [0.2, 0.25) is 0 Å². The summed E-state index contributed by atoms with van der Waals surface area (Å²) in [7, 11) is 2.05. The van der Waals surface area contributed by atoms with Gasteiger partial charge in [0.05, 0.1) is 17.7 Å². The molecule has 1 aromatic carbocycles. The van der Waals surface area contributed by atoms with Crippen LogP contribution in [-0.2, 0) is 6.54 Å². The molecule has 5 nitrogen and oxygen atoms in total. The lowest BCUT2D eigenvalue weighted by Gasteiger charge is -2.24. The van der Waals surface area contributed by atoms with Gasteiger partial charge in [-0.25, -0.2) is 4.98 Å². The number of aromatic amines is 1. The number of fused-ring (bicyclic) bond motifs is 1. The molecule has 0 unspecified atom stereocenters. The number of rotatable bonds is 5. The molecule has 0 radical (unpaired) electrons. The summed E-state index contributed by atoms with van der Waals surface area (Å²) in [6.07, 6.45) is 1.61. The molecule has 1 N–H and O–H groups in total. The molecule has 4 rings (SSSR count). The summed E-state index contributed by atoms with van der Waals surface area (Å²) in [4.78, 5) is 23.4. The van der Waals surface area contributed by atoms with Crippen molar-refractivity contribution in [1.29, 1.82) is 0 Å². The molecule has 4 aromatic rings. The fourth-order valence-electron chi connectivity index (χ4n) is 3.18. The molecule has 3 heterocycles. The van der Waals surface area contributed by atoms with E-state index in [4.69, 9.17) is 9.40 Å². The van der Waals surface area contributed by atoms with Crippen LogP contribution in [0.2, 0.25) is 0 Å². The zero-order chi connectivity index (χ0) is 19.0. The summed E-state index contributed by atoms with van der Waals surface area (Å²) in [5.41, 5.74) is 3.20. The van der Waals surface area contributed by atoms with Crippen LogP contribution < -0.4 is 5.56 Å². The molecular weight excluding hydrogens is 358 g/mol. The van der Waals surface area contributed by atoms with Crippen LogP contribution in [0.15, 0.2) is 57.3 Å². The van der Waals surface area contributed by atoms with Gasteiger partial charge >= 0.3 is 0 Å². The van der Waals surface area contributed by atoms with Gasteiger partial charge in [0, 0.05) is 17.5 Å². The third-order valence-corrected chi connectivity index (χ3v) is 5.86. The first-order valence-electron chi connectivity index (χ1n) is 8.84. The summed E-state index contributed by atoms with van der Waals surface area (Å²) < 4.78 is 5.45. The monoisotopic (exact) mass is 379 g/mol. The summed E-state index contributed by atoms with van der Waals surface area (Å²) in [5, 5.41) is 2.52. The quantitative estimate of drug-likeness (QED) is 0.544. The topological polar surface area (TPSA) is 62.1 Å². The molecular formula is C21H21N3O2S. The van der Waals surface area contributed by atoms with Crippen LogP contribution in [0.1, 0.15) is 29.9 Å². The van der Waals surface area contributed by atoms with E-state index in [1.807, 2.05) is 30.6 Å². The highest BCUT2D eigenvalue weighted by molar-refractivity contribution is 7.17. The number of hydrogen-bond acceptors (Lipinski definition) is 5. The standard InChI is InChI=1S/C21H21N3O2S/c1-13-7-4-5-8-15(13)11-24(3)14(2)19-22-20(25)18-16(12-27-21(18)23-19)17-9-6-10-26-17/h4-10,12,14H,11H2,1-3H3,(H,22,23,25)/t14-/m1/s1. The van der Waals surface area contributed by atoms with Crippen LogP contribution in [0, 0.1) is 6.92 Å². The van der Waals surface area contributed by atoms with Gasteiger partial charge in [-0.3, -0.25) is 9.69 Å². The molecule has 0 amide bonds. The molecule has 6 heteroatoms. The minimum atomic E-state index is -0.126. The Morgan fingerprint density at radius 1 is 1.26 bits per heavy atom. The van der Waals surface area contributed by atoms with Crippen LogP contribution >= 0.6 is 11.3 Å². The summed E-state index contributed by atoms with van der Waals surface area (Å²) in [6.45, 7) is 4.96. The van der Waals surface area contributed by atoms with E-state index in [1.165, 1.54) is 22.5 Å². The summed E-state index contributed by atoms with van der Waals surface area (Å²) in [6, 6.07) is 12.0. The third-order valence-electron chi connectivity index (χ3n) is 4.99. The van der Waals surface area contributed by atoms with Crippen molar-refractivity contribution in [2.75, 3.05) is 7.05 Å². The van der Waals surface area contributed by atoms with Crippen molar-refractivity contribution in [2.45, 2.75) is 26.4 Å². The van der Waals surface area contributed by atoms with E-state index >= 15 is 0 Å². The first kappa shape index (κ1) is 17.7. The van der Waals surface area contributed by atoms with E-state index < -0.39 is 0 Å². The minimum absolute atomic E-state index is 0.0177. The van der Waals surface area contributed by atoms with Crippen molar-refractivity contribution in [3.63, 3.8) is 0 Å². The lowest BCUT2D eigenvalue weighted by atomic mass is 10.1. The molecule has 3 aromatic heterocycles. The van der Waals surface area contributed by atoms with Gasteiger partial charge in [0.15, 0.2) is 0 Å². The number of nitrogens with one attached hydrogen (secondary N) is 1. The molecule has 0 fully saturated rings. The van der Waals surface area contributed by atoms with Crippen LogP contribution in [0.5, 0.6) is 0 Å². The van der Waals surface area contributed by atoms with Gasteiger partial charge in [-0.05, 0) is 44.2 Å². The van der Waals surface area contributed by atoms with Gasteiger partial charge in [0.25, 0.3) is 5.56 Å². The molecule has 138 valence electrons. The number of furan rings is 1. The molecule has 0 spiro atoms. The third kappa shape index (κ3) is 3.34. The predicted octanol–water partition coefficient (Wildman–Crippen LogP) is 4.75. The van der Waals surface area contributed by atoms with Crippen LogP contribution in [0.3, 0.4) is 0 Å². The van der Waals surface area contributed by atoms with Crippen molar-refractivity contribution in [2.24, 2.45) is 0 Å². The minimum Gasteiger partial charge on any atom is -0.464 e. The van der Waals surface area contributed by atoms with E-state index in [9.17, 15) is 4.79 Å². The number of thiophene rings is 1. The Hall–Kier alpha value is -2.70. The fraction of sp³-hybridized carbons (Fsp3) is 0.238. The smallest absolute Gasteiger partial charge is 0.260 e. The first-order chi connectivity index (χ1) is 13.0. The Labute approximate surface area is 161 Å². The van der Waals surface area contributed by atoms with E-state index in [-0.39, 0.29) is 11.6 Å². The fourth-order valence-corrected chi connectivity index (χ4v) is 4.11. The Balaban J connectivity index is 1.66. The highest BCUT2D eigenvalue weighted by atomic mass is 32.1. The second kappa shape index (κ2) is 7.13. The van der Waals surface area contributed by atoms with Crippen molar-refractivity contribution in [3.05, 3.63) is 75.3 Å². The Bertz CT molecular complexity index is 1130. The average Bonchev–Trinajstić information content (AvgIpc) is 3.32. The van der Waals surface area contributed by atoms with E-state index in [0.29, 0.717) is 17.0 Å². The van der Waals surface area contributed by atoms with Crippen molar-refractivity contribution in [1.82, 2.24) is 14.9 Å². The Morgan fingerprint density at radius 3 is 2.81 bits per heavy atom. The van der Waals surface area contributed by atoms with Gasteiger partial charge in [-0.15, -0.1) is 11.3 Å². The maximum Gasteiger partial charge on any atom is 0.260 e. The van der Waals surface area contributed by atoms with Crippen molar-refractivity contribution >= 4 is 21.6 Å². The van der Waals surface area contributed by atoms with Crippen LogP contribution in [-0.4, -0.2) is 21.9 Å². The van der Waals surface area contributed by atoms with E-state index in [0.717, 1.165) is 16.9 Å². The van der Waals surface area contributed by atoms with Crippen molar-refractivity contribution in [3.8, 4) is 11.3 Å². The molecule has 0 aliphatic rings. The van der Waals surface area contributed by atoms with Crippen LogP contribution in [0.25, 0.3) is 21.5 Å². The highest BCUT2D eigenvalue weighted by Gasteiger charge is 2.19. The second-order valence-corrected chi connectivity index (χ2v) is 7.63. The number of aromatic nitrogens is 2. The highest BCUT2D eigenvalue weighted by Crippen LogP contribution is 2.31. The van der Waals surface area contributed by atoms with Gasteiger partial charge < -0.3 is 9.40 Å². The molecule has 0 saturated heterocycles. The molecule has 0 aliphatic carbocycles. The average molecular weight is 379 g/mol. The number of benzene rings is 1. The zero-order valence-electron chi connectivity index (χ0n) is 15.5. The SMILES string of the molecule is Cc1ccccc1CN(C)[C@H](C)c1nc2scc(-c3ccco3)c2c(=O)[nH]1. The predicted molar refractivity (Wildman–Crippen MR) is 109 cm³/mol. The maximum absolute atomic E-state index is 12.8. The zero-order valence-corrected chi connectivity index (χ0v) is 16.3. The maximum atomic E-state index is 12.8. The molecule has 1 atom stereocenters. The lowest BCUT2D eigenvalue weighted by Crippen LogP contribution is -2.26. The summed E-state index contributed by atoms with van der Waals surface area (Å²) >= 11 is 1.47. The molecule has 0 saturated carbocycles. The largest absolute Gasteiger partial charge is 0.464 e. The number of aryl methyl sites for hydroxylation is 1. The molecule has 27 heavy (non-hydrogen) atoms. The molecule has 0 bridgehead atoms. The van der Waals surface area contributed by atoms with Gasteiger partial charge in [0.1, 0.15) is 16.4 Å². The number of H-pyrrole nitrogens is 1.